The SMILES string of the molecule is N#CCCC1C(=O)c2ccc(-c3cccnc3)cc2OC12CCCCC2. The molecule has 1 aliphatic heterocycles. The maximum atomic E-state index is 13.2. The van der Waals surface area contributed by atoms with Crippen molar-refractivity contribution in [3.05, 3.63) is 48.3 Å². The van der Waals surface area contributed by atoms with Crippen LogP contribution < -0.4 is 4.74 Å². The minimum absolute atomic E-state index is 0.140. The van der Waals surface area contributed by atoms with Crippen LogP contribution in [0.4, 0.5) is 0 Å². The number of hydrogen-bond donors (Lipinski definition) is 0. The maximum absolute atomic E-state index is 13.2. The average molecular weight is 346 g/mol. The highest BCUT2D eigenvalue weighted by molar-refractivity contribution is 6.02. The summed E-state index contributed by atoms with van der Waals surface area (Å²) in [5.74, 6) is 0.617. The number of carbonyl (C=O) groups excluding carboxylic acids is 1. The van der Waals surface area contributed by atoms with E-state index in [1.165, 1.54) is 6.42 Å². The van der Waals surface area contributed by atoms with Crippen LogP contribution in [0.3, 0.4) is 0 Å². The van der Waals surface area contributed by atoms with Crippen molar-refractivity contribution in [2.75, 3.05) is 0 Å². The van der Waals surface area contributed by atoms with E-state index in [1.54, 1.807) is 6.20 Å². The Hall–Kier alpha value is -2.67. The van der Waals surface area contributed by atoms with Crippen molar-refractivity contribution in [3.63, 3.8) is 0 Å². The molecule has 1 aromatic heterocycles. The largest absolute Gasteiger partial charge is 0.486 e. The number of aromatic nitrogens is 1. The molecule has 2 heterocycles. The van der Waals surface area contributed by atoms with Gasteiger partial charge in [0.2, 0.25) is 0 Å². The van der Waals surface area contributed by atoms with E-state index >= 15 is 0 Å². The van der Waals surface area contributed by atoms with Crippen molar-refractivity contribution in [2.45, 2.75) is 50.5 Å². The second-order valence-corrected chi connectivity index (χ2v) is 7.29. The van der Waals surface area contributed by atoms with Gasteiger partial charge in [-0.3, -0.25) is 9.78 Å². The fourth-order valence-corrected chi connectivity index (χ4v) is 4.44. The van der Waals surface area contributed by atoms with E-state index in [1.807, 2.05) is 36.5 Å². The lowest BCUT2D eigenvalue weighted by Crippen LogP contribution is -2.51. The summed E-state index contributed by atoms with van der Waals surface area (Å²) in [4.78, 5) is 17.4. The Labute approximate surface area is 153 Å². The lowest BCUT2D eigenvalue weighted by atomic mass is 9.69. The maximum Gasteiger partial charge on any atom is 0.173 e. The number of hydrogen-bond acceptors (Lipinski definition) is 4. The van der Waals surface area contributed by atoms with Crippen molar-refractivity contribution in [3.8, 4) is 22.9 Å². The summed E-state index contributed by atoms with van der Waals surface area (Å²) in [5, 5.41) is 9.02. The molecule has 1 atom stereocenters. The van der Waals surface area contributed by atoms with Crippen LogP contribution in [0.25, 0.3) is 11.1 Å². The average Bonchev–Trinajstić information content (AvgIpc) is 2.69. The summed E-state index contributed by atoms with van der Waals surface area (Å²) in [7, 11) is 0. The minimum Gasteiger partial charge on any atom is -0.486 e. The van der Waals surface area contributed by atoms with Gasteiger partial charge in [-0.25, -0.2) is 0 Å². The molecule has 26 heavy (non-hydrogen) atoms. The lowest BCUT2D eigenvalue weighted by molar-refractivity contribution is -0.0278. The predicted octanol–water partition coefficient (Wildman–Crippen LogP) is 4.95. The molecule has 0 amide bonds. The topological polar surface area (TPSA) is 63.0 Å². The molecule has 2 aromatic rings. The van der Waals surface area contributed by atoms with E-state index in [0.29, 0.717) is 24.2 Å². The summed E-state index contributed by atoms with van der Waals surface area (Å²) in [6.45, 7) is 0. The molecule has 1 saturated carbocycles. The molecular weight excluding hydrogens is 324 g/mol. The molecule has 1 fully saturated rings. The monoisotopic (exact) mass is 346 g/mol. The molecule has 2 aliphatic rings. The Balaban J connectivity index is 1.75. The number of carbonyl (C=O) groups is 1. The van der Waals surface area contributed by atoms with Gasteiger partial charge >= 0.3 is 0 Å². The van der Waals surface area contributed by atoms with Crippen molar-refractivity contribution in [1.82, 2.24) is 4.98 Å². The van der Waals surface area contributed by atoms with Crippen LogP contribution in [-0.4, -0.2) is 16.4 Å². The number of nitrogens with zero attached hydrogens (tertiary/aromatic N) is 2. The van der Waals surface area contributed by atoms with E-state index in [4.69, 9.17) is 10.00 Å². The smallest absolute Gasteiger partial charge is 0.173 e. The highest BCUT2D eigenvalue weighted by Gasteiger charge is 2.49. The van der Waals surface area contributed by atoms with Gasteiger partial charge < -0.3 is 4.74 Å². The second kappa shape index (κ2) is 6.92. The van der Waals surface area contributed by atoms with Crippen LogP contribution in [0, 0.1) is 17.2 Å². The van der Waals surface area contributed by atoms with Gasteiger partial charge in [-0.2, -0.15) is 5.26 Å². The number of benzene rings is 1. The molecule has 0 N–H and O–H groups in total. The number of ether oxygens (including phenoxy) is 1. The van der Waals surface area contributed by atoms with Crippen molar-refractivity contribution in [2.24, 2.45) is 5.92 Å². The minimum atomic E-state index is -0.438. The van der Waals surface area contributed by atoms with E-state index in [0.717, 1.165) is 36.8 Å². The molecule has 0 saturated heterocycles. The van der Waals surface area contributed by atoms with Gasteiger partial charge in [-0.1, -0.05) is 18.6 Å². The standard InChI is InChI=1S/C22H22N2O2/c23-12-4-7-19-21(25)18-9-8-16(17-6-5-13-24-15-17)14-20(18)26-22(19)10-2-1-3-11-22/h5-6,8-9,13-15,19H,1-4,7,10-11H2. The quantitative estimate of drug-likeness (QED) is 0.789. The number of pyridine rings is 1. The van der Waals surface area contributed by atoms with Crippen molar-refractivity contribution in [1.29, 1.82) is 5.26 Å². The van der Waals surface area contributed by atoms with Crippen LogP contribution in [0.5, 0.6) is 5.75 Å². The fraction of sp³-hybridized carbons (Fsp3) is 0.409. The van der Waals surface area contributed by atoms with Gasteiger partial charge in [-0.15, -0.1) is 0 Å². The zero-order chi connectivity index (χ0) is 18.0. The molecule has 132 valence electrons. The fourth-order valence-electron chi connectivity index (χ4n) is 4.44. The predicted molar refractivity (Wildman–Crippen MR) is 98.8 cm³/mol. The number of fused-ring (bicyclic) bond motifs is 1. The first kappa shape index (κ1) is 16.8. The van der Waals surface area contributed by atoms with E-state index in [-0.39, 0.29) is 11.7 Å². The van der Waals surface area contributed by atoms with Crippen molar-refractivity contribution < 1.29 is 9.53 Å². The van der Waals surface area contributed by atoms with Gasteiger partial charge in [-0.05, 0) is 55.9 Å². The van der Waals surface area contributed by atoms with Crippen LogP contribution in [-0.2, 0) is 0 Å². The molecule has 4 rings (SSSR count). The first-order chi connectivity index (χ1) is 12.7. The molecule has 4 nitrogen and oxygen atoms in total. The highest BCUT2D eigenvalue weighted by Crippen LogP contribution is 2.47. The van der Waals surface area contributed by atoms with Crippen molar-refractivity contribution >= 4 is 5.78 Å². The molecule has 1 spiro atoms. The Morgan fingerprint density at radius 2 is 2.04 bits per heavy atom. The summed E-state index contributed by atoms with van der Waals surface area (Å²) >= 11 is 0. The molecular formula is C22H22N2O2. The zero-order valence-corrected chi connectivity index (χ0v) is 14.8. The third kappa shape index (κ3) is 2.88. The van der Waals surface area contributed by atoms with Crippen LogP contribution in [0.2, 0.25) is 0 Å². The molecule has 1 aliphatic carbocycles. The summed E-state index contributed by atoms with van der Waals surface area (Å²) < 4.78 is 6.55. The zero-order valence-electron chi connectivity index (χ0n) is 14.8. The van der Waals surface area contributed by atoms with Gasteiger partial charge in [0.05, 0.1) is 17.6 Å². The van der Waals surface area contributed by atoms with Gasteiger partial charge in [0.15, 0.2) is 5.78 Å². The molecule has 0 radical (unpaired) electrons. The molecule has 1 aromatic carbocycles. The number of rotatable bonds is 3. The number of Topliss-reactive ketones (excluding diaryl/α,β-unsaturated/α-hetero) is 1. The summed E-state index contributed by atoms with van der Waals surface area (Å²) in [6, 6.07) is 11.9. The van der Waals surface area contributed by atoms with Gasteiger partial charge in [0.1, 0.15) is 11.4 Å². The van der Waals surface area contributed by atoms with E-state index in [9.17, 15) is 4.79 Å². The van der Waals surface area contributed by atoms with Crippen LogP contribution in [0.1, 0.15) is 55.3 Å². The van der Waals surface area contributed by atoms with E-state index < -0.39 is 5.60 Å². The Bertz CT molecular complexity index is 848. The number of ketones is 1. The first-order valence-electron chi connectivity index (χ1n) is 9.38. The third-order valence-electron chi connectivity index (χ3n) is 5.75. The molecule has 1 unspecified atom stereocenters. The Morgan fingerprint density at radius 3 is 2.77 bits per heavy atom. The van der Waals surface area contributed by atoms with Gasteiger partial charge in [0.25, 0.3) is 0 Å². The molecule has 0 bridgehead atoms. The summed E-state index contributed by atoms with van der Waals surface area (Å²) in [5.41, 5.74) is 2.23. The second-order valence-electron chi connectivity index (χ2n) is 7.29. The van der Waals surface area contributed by atoms with E-state index in [2.05, 4.69) is 11.1 Å². The summed E-state index contributed by atoms with van der Waals surface area (Å²) in [6.07, 6.45) is 9.67. The Morgan fingerprint density at radius 1 is 1.19 bits per heavy atom. The normalized spacial score (nSPS) is 20.9. The van der Waals surface area contributed by atoms with Crippen LogP contribution >= 0.6 is 0 Å². The van der Waals surface area contributed by atoms with Gasteiger partial charge in [0, 0.05) is 24.4 Å². The lowest BCUT2D eigenvalue weighted by Gasteiger charge is -2.46. The highest BCUT2D eigenvalue weighted by atomic mass is 16.5. The first-order valence-corrected chi connectivity index (χ1v) is 9.38. The molecule has 4 heteroatoms. The number of nitriles is 1. The van der Waals surface area contributed by atoms with Crippen LogP contribution in [0.15, 0.2) is 42.7 Å². The third-order valence-corrected chi connectivity index (χ3v) is 5.75. The Kier molecular flexibility index (Phi) is 4.46.